The summed E-state index contributed by atoms with van der Waals surface area (Å²) in [6.07, 6.45) is 2.68. The molecule has 1 saturated heterocycles. The molecule has 0 spiro atoms. The highest BCUT2D eigenvalue weighted by atomic mass is 35.5. The molecule has 1 amide bonds. The molecule has 2 rings (SSSR count). The van der Waals surface area contributed by atoms with E-state index in [1.54, 1.807) is 6.07 Å². The summed E-state index contributed by atoms with van der Waals surface area (Å²) < 4.78 is 0. The number of amides is 1. The summed E-state index contributed by atoms with van der Waals surface area (Å²) in [6.45, 7) is 1.51. The van der Waals surface area contributed by atoms with E-state index in [1.165, 1.54) is 0 Å². The monoisotopic (exact) mass is 286 g/mol. The summed E-state index contributed by atoms with van der Waals surface area (Å²) in [5.41, 5.74) is 0.962. The molecule has 0 aliphatic carbocycles. The lowest BCUT2D eigenvalue weighted by Crippen LogP contribution is -2.41. The average molecular weight is 287 g/mol. The normalized spacial score (nSPS) is 18.9. The molecule has 98 valence electrons. The van der Waals surface area contributed by atoms with Crippen LogP contribution < -0.4 is 10.6 Å². The van der Waals surface area contributed by atoms with Crippen LogP contribution in [0.1, 0.15) is 18.4 Å². The fourth-order valence-corrected chi connectivity index (χ4v) is 2.51. The Bertz CT molecular complexity index is 431. The Morgan fingerprint density at radius 2 is 2.28 bits per heavy atom. The quantitative estimate of drug-likeness (QED) is 0.893. The summed E-state index contributed by atoms with van der Waals surface area (Å²) in [5.74, 6) is 0.0747. The summed E-state index contributed by atoms with van der Waals surface area (Å²) in [7, 11) is 0. The zero-order valence-electron chi connectivity index (χ0n) is 10.0. The first-order valence-electron chi connectivity index (χ1n) is 6.12. The van der Waals surface area contributed by atoms with Gasteiger partial charge in [-0.3, -0.25) is 4.79 Å². The van der Waals surface area contributed by atoms with Crippen LogP contribution >= 0.6 is 23.2 Å². The van der Waals surface area contributed by atoms with Gasteiger partial charge in [-0.15, -0.1) is 0 Å². The molecular weight excluding hydrogens is 271 g/mol. The maximum atomic E-state index is 11.8. The Kier molecular flexibility index (Phi) is 4.87. The van der Waals surface area contributed by atoms with Crippen molar-refractivity contribution < 1.29 is 4.79 Å². The fourth-order valence-electron chi connectivity index (χ4n) is 2.09. The third kappa shape index (κ3) is 3.37. The van der Waals surface area contributed by atoms with E-state index < -0.39 is 0 Å². The zero-order chi connectivity index (χ0) is 13.0. The van der Waals surface area contributed by atoms with Gasteiger partial charge in [-0.25, -0.2) is 0 Å². The van der Waals surface area contributed by atoms with E-state index in [0.717, 1.165) is 24.9 Å². The smallest absolute Gasteiger partial charge is 0.237 e. The van der Waals surface area contributed by atoms with Crippen molar-refractivity contribution in [2.24, 2.45) is 0 Å². The van der Waals surface area contributed by atoms with Gasteiger partial charge in [-0.1, -0.05) is 35.3 Å². The van der Waals surface area contributed by atoms with Crippen LogP contribution in [0.4, 0.5) is 0 Å². The number of carbonyl (C=O) groups excluding carboxylic acids is 1. The number of nitrogens with one attached hydrogen (secondary N) is 2. The number of hydrogen-bond donors (Lipinski definition) is 2. The molecule has 1 aliphatic rings. The van der Waals surface area contributed by atoms with Gasteiger partial charge in [0.2, 0.25) is 5.91 Å². The third-order valence-corrected chi connectivity index (χ3v) is 3.96. The van der Waals surface area contributed by atoms with E-state index in [0.29, 0.717) is 23.0 Å². The highest BCUT2D eigenvalue weighted by molar-refractivity contribution is 6.42. The zero-order valence-corrected chi connectivity index (χ0v) is 11.5. The van der Waals surface area contributed by atoms with Crippen LogP contribution in [0.2, 0.25) is 10.0 Å². The van der Waals surface area contributed by atoms with Crippen LogP contribution in [-0.2, 0) is 11.2 Å². The van der Waals surface area contributed by atoms with Gasteiger partial charge in [-0.2, -0.15) is 0 Å². The number of carbonyl (C=O) groups is 1. The summed E-state index contributed by atoms with van der Waals surface area (Å²) in [5, 5.41) is 7.21. The number of hydrogen-bond acceptors (Lipinski definition) is 2. The SMILES string of the molecule is O=C(NCCc1cccc(Cl)c1Cl)[C@@H]1CCCN1. The van der Waals surface area contributed by atoms with Gasteiger partial charge in [0.1, 0.15) is 0 Å². The second kappa shape index (κ2) is 6.41. The highest BCUT2D eigenvalue weighted by Crippen LogP contribution is 2.25. The van der Waals surface area contributed by atoms with E-state index in [2.05, 4.69) is 10.6 Å². The maximum absolute atomic E-state index is 11.8. The molecule has 0 unspecified atom stereocenters. The lowest BCUT2D eigenvalue weighted by atomic mass is 10.1. The Hall–Kier alpha value is -0.770. The molecule has 5 heteroatoms. The summed E-state index contributed by atoms with van der Waals surface area (Å²) in [4.78, 5) is 11.8. The van der Waals surface area contributed by atoms with Crippen LogP contribution in [0.5, 0.6) is 0 Å². The Labute approximate surface area is 117 Å². The standard InChI is InChI=1S/C13H16Cl2N2O/c14-10-4-1-3-9(12(10)15)6-8-17-13(18)11-5-2-7-16-11/h1,3-4,11,16H,2,5-8H2,(H,17,18)/t11-/m0/s1. The van der Waals surface area contributed by atoms with Gasteiger partial charge in [-0.05, 0) is 37.4 Å². The first-order valence-corrected chi connectivity index (χ1v) is 6.88. The van der Waals surface area contributed by atoms with E-state index in [-0.39, 0.29) is 11.9 Å². The first-order chi connectivity index (χ1) is 8.68. The Balaban J connectivity index is 1.81. The van der Waals surface area contributed by atoms with Gasteiger partial charge < -0.3 is 10.6 Å². The number of halogens is 2. The van der Waals surface area contributed by atoms with Crippen LogP contribution in [-0.4, -0.2) is 25.0 Å². The molecule has 0 radical (unpaired) electrons. The molecule has 1 heterocycles. The van der Waals surface area contributed by atoms with E-state index in [4.69, 9.17) is 23.2 Å². The van der Waals surface area contributed by atoms with Gasteiger partial charge in [0.15, 0.2) is 0 Å². The van der Waals surface area contributed by atoms with Crippen LogP contribution in [0.3, 0.4) is 0 Å². The minimum atomic E-state index is -0.0279. The molecule has 0 aromatic heterocycles. The maximum Gasteiger partial charge on any atom is 0.237 e. The second-order valence-electron chi connectivity index (χ2n) is 4.40. The molecule has 18 heavy (non-hydrogen) atoms. The summed E-state index contributed by atoms with van der Waals surface area (Å²) >= 11 is 12.0. The van der Waals surface area contributed by atoms with Gasteiger partial charge in [0, 0.05) is 6.54 Å². The predicted octanol–water partition coefficient (Wildman–Crippen LogP) is 2.40. The molecule has 0 bridgehead atoms. The first kappa shape index (κ1) is 13.7. The molecule has 3 nitrogen and oxygen atoms in total. The molecule has 1 aromatic rings. The van der Waals surface area contributed by atoms with Crippen molar-refractivity contribution in [2.45, 2.75) is 25.3 Å². The van der Waals surface area contributed by atoms with Crippen molar-refractivity contribution in [3.63, 3.8) is 0 Å². The third-order valence-electron chi connectivity index (χ3n) is 3.10. The fraction of sp³-hybridized carbons (Fsp3) is 0.462. The Morgan fingerprint density at radius 3 is 3.00 bits per heavy atom. The van der Waals surface area contributed by atoms with Gasteiger partial charge in [0.05, 0.1) is 16.1 Å². The molecule has 1 aromatic carbocycles. The van der Waals surface area contributed by atoms with E-state index in [1.807, 2.05) is 12.1 Å². The molecule has 1 atom stereocenters. The van der Waals surface area contributed by atoms with Crippen molar-refractivity contribution in [1.29, 1.82) is 0 Å². The average Bonchev–Trinajstić information content (AvgIpc) is 2.88. The predicted molar refractivity (Wildman–Crippen MR) is 74.2 cm³/mol. The Morgan fingerprint density at radius 1 is 1.44 bits per heavy atom. The van der Waals surface area contributed by atoms with Crippen molar-refractivity contribution in [3.05, 3.63) is 33.8 Å². The lowest BCUT2D eigenvalue weighted by Gasteiger charge is -2.11. The molecule has 1 aliphatic heterocycles. The van der Waals surface area contributed by atoms with Crippen LogP contribution in [0, 0.1) is 0 Å². The highest BCUT2D eigenvalue weighted by Gasteiger charge is 2.21. The second-order valence-corrected chi connectivity index (χ2v) is 5.19. The van der Waals surface area contributed by atoms with Crippen LogP contribution in [0.25, 0.3) is 0 Å². The van der Waals surface area contributed by atoms with Crippen LogP contribution in [0.15, 0.2) is 18.2 Å². The minimum Gasteiger partial charge on any atom is -0.354 e. The van der Waals surface area contributed by atoms with E-state index >= 15 is 0 Å². The lowest BCUT2D eigenvalue weighted by molar-refractivity contribution is -0.122. The molecule has 0 saturated carbocycles. The molecular formula is C13H16Cl2N2O. The van der Waals surface area contributed by atoms with Gasteiger partial charge >= 0.3 is 0 Å². The summed E-state index contributed by atoms with van der Waals surface area (Å²) in [6, 6.07) is 5.52. The molecule has 2 N–H and O–H groups in total. The molecule has 1 fully saturated rings. The van der Waals surface area contributed by atoms with E-state index in [9.17, 15) is 4.79 Å². The van der Waals surface area contributed by atoms with Crippen molar-refractivity contribution >= 4 is 29.1 Å². The number of rotatable bonds is 4. The minimum absolute atomic E-state index is 0.0279. The van der Waals surface area contributed by atoms with Crippen molar-refractivity contribution in [3.8, 4) is 0 Å². The number of benzene rings is 1. The van der Waals surface area contributed by atoms with Crippen molar-refractivity contribution in [2.75, 3.05) is 13.1 Å². The van der Waals surface area contributed by atoms with Crippen molar-refractivity contribution in [1.82, 2.24) is 10.6 Å². The van der Waals surface area contributed by atoms with Gasteiger partial charge in [0.25, 0.3) is 0 Å². The topological polar surface area (TPSA) is 41.1 Å². The largest absolute Gasteiger partial charge is 0.354 e.